The molecule has 1 aliphatic heterocycles. The van der Waals surface area contributed by atoms with Gasteiger partial charge in [-0.15, -0.1) is 0 Å². The van der Waals surface area contributed by atoms with Gasteiger partial charge in [0.05, 0.1) is 11.5 Å². The summed E-state index contributed by atoms with van der Waals surface area (Å²) in [4.78, 5) is 26.8. The van der Waals surface area contributed by atoms with Crippen LogP contribution in [0.4, 0.5) is 17.5 Å². The van der Waals surface area contributed by atoms with Crippen LogP contribution in [-0.2, 0) is 4.74 Å². The van der Waals surface area contributed by atoms with Crippen LogP contribution in [0.15, 0.2) is 4.79 Å². The lowest BCUT2D eigenvalue weighted by Gasteiger charge is -2.14. The van der Waals surface area contributed by atoms with Crippen molar-refractivity contribution in [3.05, 3.63) is 20.5 Å². The number of rotatable bonds is 3. The molecule has 2 rings (SSSR count). The second kappa shape index (κ2) is 4.26. The zero-order valence-electron chi connectivity index (χ0n) is 9.99. The van der Waals surface area contributed by atoms with Gasteiger partial charge >= 0.3 is 11.2 Å². The number of fused-ring (bicyclic) bond motifs is 1. The Bertz CT molecular complexity index is 555. The maximum Gasteiger partial charge on any atom is 0.376 e. The van der Waals surface area contributed by atoms with Gasteiger partial charge in [0.25, 0.3) is 0 Å². The van der Waals surface area contributed by atoms with Crippen LogP contribution in [0.25, 0.3) is 0 Å². The number of hydrogen-bond donors (Lipinski definition) is 1. The van der Waals surface area contributed by atoms with E-state index in [-0.39, 0.29) is 11.8 Å². The molecule has 1 atom stereocenters. The highest BCUT2D eigenvalue weighted by Gasteiger charge is 2.37. The Hall–Kier alpha value is -2.16. The Labute approximate surface area is 102 Å². The molecule has 0 aromatic carbocycles. The van der Waals surface area contributed by atoms with E-state index in [4.69, 9.17) is 10.5 Å². The Morgan fingerprint density at radius 2 is 2.33 bits per heavy atom. The lowest BCUT2D eigenvalue weighted by atomic mass is 10.4. The first-order valence-electron chi connectivity index (χ1n) is 5.36. The highest BCUT2D eigenvalue weighted by atomic mass is 16.6. The van der Waals surface area contributed by atoms with Gasteiger partial charge in [0, 0.05) is 13.7 Å². The van der Waals surface area contributed by atoms with E-state index in [2.05, 4.69) is 4.98 Å². The van der Waals surface area contributed by atoms with Gasteiger partial charge in [-0.05, 0) is 6.92 Å². The van der Waals surface area contributed by atoms with Crippen LogP contribution in [0.3, 0.4) is 0 Å². The van der Waals surface area contributed by atoms with Gasteiger partial charge < -0.3 is 15.4 Å². The lowest BCUT2D eigenvalue weighted by molar-refractivity contribution is -0.385. The number of anilines is 2. The van der Waals surface area contributed by atoms with Gasteiger partial charge in [-0.25, -0.2) is 0 Å². The van der Waals surface area contributed by atoms with Gasteiger partial charge in [-0.1, -0.05) is 0 Å². The van der Waals surface area contributed by atoms with Crippen molar-refractivity contribution >= 4 is 17.5 Å². The first-order chi connectivity index (χ1) is 8.47. The van der Waals surface area contributed by atoms with Gasteiger partial charge in [0.1, 0.15) is 0 Å². The third-order valence-corrected chi connectivity index (χ3v) is 2.73. The van der Waals surface area contributed by atoms with Crippen molar-refractivity contribution in [3.63, 3.8) is 0 Å². The summed E-state index contributed by atoms with van der Waals surface area (Å²) >= 11 is 0. The highest BCUT2D eigenvalue weighted by molar-refractivity contribution is 5.62. The van der Waals surface area contributed by atoms with E-state index in [0.29, 0.717) is 13.2 Å². The maximum atomic E-state index is 11.5. The van der Waals surface area contributed by atoms with Crippen molar-refractivity contribution < 1.29 is 9.66 Å². The van der Waals surface area contributed by atoms with Gasteiger partial charge in [-0.2, -0.15) is 4.98 Å². The van der Waals surface area contributed by atoms with Crippen LogP contribution in [0, 0.1) is 10.1 Å². The molecule has 2 heterocycles. The topological polar surface area (TPSA) is 117 Å². The summed E-state index contributed by atoms with van der Waals surface area (Å²) < 4.78 is 6.81. The van der Waals surface area contributed by atoms with Gasteiger partial charge in [-0.3, -0.25) is 19.5 Å². The Morgan fingerprint density at radius 1 is 1.67 bits per heavy atom. The number of nitrogens with zero attached hydrogens (tertiary/aromatic N) is 4. The number of nitrogens with two attached hydrogens (primary N) is 1. The first-order valence-corrected chi connectivity index (χ1v) is 5.36. The van der Waals surface area contributed by atoms with Crippen molar-refractivity contribution in [1.29, 1.82) is 0 Å². The second-order valence-electron chi connectivity index (χ2n) is 3.86. The van der Waals surface area contributed by atoms with Crippen LogP contribution in [0.2, 0.25) is 0 Å². The summed E-state index contributed by atoms with van der Waals surface area (Å²) in [6.07, 6.45) is -0.471. The van der Waals surface area contributed by atoms with Crippen molar-refractivity contribution in [2.24, 2.45) is 0 Å². The van der Waals surface area contributed by atoms with E-state index < -0.39 is 22.4 Å². The molecule has 1 aliphatic rings. The minimum Gasteiger partial charge on any atom is -0.369 e. The summed E-state index contributed by atoms with van der Waals surface area (Å²) in [6, 6.07) is 0. The smallest absolute Gasteiger partial charge is 0.369 e. The molecule has 0 saturated carbocycles. The van der Waals surface area contributed by atoms with Crippen molar-refractivity contribution in [1.82, 2.24) is 9.55 Å². The number of aromatic nitrogens is 2. The normalized spacial score (nSPS) is 17.9. The zero-order valence-corrected chi connectivity index (χ0v) is 9.99. The maximum absolute atomic E-state index is 11.5. The third-order valence-electron chi connectivity index (χ3n) is 2.73. The molecule has 0 saturated heterocycles. The fourth-order valence-corrected chi connectivity index (χ4v) is 2.06. The third kappa shape index (κ3) is 1.68. The molecular formula is C9H13N5O4. The predicted octanol–water partition coefficient (Wildman–Crippen LogP) is -0.281. The average molecular weight is 255 g/mol. The quantitative estimate of drug-likeness (QED) is 0.583. The van der Waals surface area contributed by atoms with E-state index in [1.165, 1.54) is 4.57 Å². The molecule has 0 radical (unpaired) electrons. The molecule has 0 bridgehead atoms. The van der Waals surface area contributed by atoms with Crippen LogP contribution in [0.5, 0.6) is 0 Å². The molecule has 18 heavy (non-hydrogen) atoms. The van der Waals surface area contributed by atoms with Gasteiger partial charge in [0.15, 0.2) is 12.0 Å². The first kappa shape index (κ1) is 12.3. The molecule has 0 spiro atoms. The average Bonchev–Trinajstić information content (AvgIpc) is 2.56. The van der Waals surface area contributed by atoms with Crippen LogP contribution < -0.4 is 16.2 Å². The molecule has 1 aromatic rings. The van der Waals surface area contributed by atoms with Crippen molar-refractivity contribution in [3.8, 4) is 0 Å². The SMILES string of the molecule is CCO[C@@H]1CN(C)c2c([N+](=O)[O-])c(=O)nc(N)n21. The molecule has 0 amide bonds. The summed E-state index contributed by atoms with van der Waals surface area (Å²) in [5.41, 5.74) is 4.13. The van der Waals surface area contributed by atoms with Crippen molar-refractivity contribution in [2.75, 3.05) is 30.8 Å². The van der Waals surface area contributed by atoms with E-state index in [1.807, 2.05) is 0 Å². The van der Waals surface area contributed by atoms with E-state index >= 15 is 0 Å². The number of hydrogen-bond acceptors (Lipinski definition) is 7. The largest absolute Gasteiger partial charge is 0.376 e. The molecule has 98 valence electrons. The fraction of sp³-hybridized carbons (Fsp3) is 0.556. The van der Waals surface area contributed by atoms with Crippen LogP contribution in [0.1, 0.15) is 13.2 Å². The molecule has 0 unspecified atom stereocenters. The van der Waals surface area contributed by atoms with Crippen molar-refractivity contribution in [2.45, 2.75) is 13.2 Å². The number of ether oxygens (including phenoxy) is 1. The molecule has 1 aromatic heterocycles. The Morgan fingerprint density at radius 3 is 2.89 bits per heavy atom. The molecule has 2 N–H and O–H groups in total. The van der Waals surface area contributed by atoms with E-state index in [1.54, 1.807) is 18.9 Å². The van der Waals surface area contributed by atoms with Gasteiger partial charge in [0.2, 0.25) is 5.95 Å². The standard InChI is InChI=1S/C9H13N5O4/c1-3-18-5-4-12(2)8-6(14(16)17)7(15)11-9(10)13(5)8/h5H,3-4H2,1-2H3,(H2,10,11,15)/t5-/m1/s1. The predicted molar refractivity (Wildman–Crippen MR) is 63.5 cm³/mol. The summed E-state index contributed by atoms with van der Waals surface area (Å²) in [5.74, 6) is 0.0550. The van der Waals surface area contributed by atoms with E-state index in [9.17, 15) is 14.9 Å². The van der Waals surface area contributed by atoms with E-state index in [0.717, 1.165) is 0 Å². The monoisotopic (exact) mass is 255 g/mol. The van der Waals surface area contributed by atoms with Crippen LogP contribution in [-0.4, -0.2) is 34.7 Å². The zero-order chi connectivity index (χ0) is 13.4. The second-order valence-corrected chi connectivity index (χ2v) is 3.86. The Balaban J connectivity index is 2.69. The number of likely N-dealkylation sites (N-methyl/N-ethyl adjacent to an activating group) is 1. The number of nitrogen functional groups attached to an aromatic ring is 1. The number of nitro groups is 1. The molecular weight excluding hydrogens is 242 g/mol. The molecule has 0 fully saturated rings. The fourth-order valence-electron chi connectivity index (χ4n) is 2.06. The Kier molecular flexibility index (Phi) is 2.91. The molecule has 0 aliphatic carbocycles. The van der Waals surface area contributed by atoms with Crippen LogP contribution >= 0.6 is 0 Å². The minimum absolute atomic E-state index is 0.0802. The summed E-state index contributed by atoms with van der Waals surface area (Å²) in [5, 5.41) is 10.9. The minimum atomic E-state index is -0.937. The summed E-state index contributed by atoms with van der Waals surface area (Å²) in [7, 11) is 1.64. The lowest BCUT2D eigenvalue weighted by Crippen LogP contribution is -2.22. The summed E-state index contributed by atoms with van der Waals surface area (Å²) in [6.45, 7) is 2.61. The molecule has 9 nitrogen and oxygen atoms in total. The molecule has 9 heteroatoms. The highest BCUT2D eigenvalue weighted by Crippen LogP contribution is 2.35.